The fraction of sp³-hybridized carbons (Fsp3) is 0.333. The number of aromatic hydroxyl groups is 2. The first-order chi connectivity index (χ1) is 6.73. The van der Waals surface area contributed by atoms with Crippen molar-refractivity contribution in [2.75, 3.05) is 0 Å². The molecule has 0 aliphatic rings. The van der Waals surface area contributed by atoms with E-state index in [1.54, 1.807) is 13.8 Å². The van der Waals surface area contributed by atoms with E-state index in [0.717, 1.165) is 12.1 Å². The lowest BCUT2D eigenvalue weighted by molar-refractivity contribution is 0.395. The Balaban J connectivity index is 3.50. The zero-order valence-corrected chi connectivity index (χ0v) is 9.11. The number of phenols is 2. The van der Waals surface area contributed by atoms with Crippen LogP contribution in [0.3, 0.4) is 0 Å². The van der Waals surface area contributed by atoms with E-state index in [-0.39, 0.29) is 17.2 Å². The van der Waals surface area contributed by atoms with Crippen LogP contribution in [0.5, 0.6) is 11.5 Å². The van der Waals surface area contributed by atoms with Crippen LogP contribution in [0.15, 0.2) is 17.0 Å². The van der Waals surface area contributed by atoms with Crippen LogP contribution < -0.4 is 0 Å². The standard InChI is InChI=1S/C9H12O5S/c1-5(2)7-3-6(15(12,13)14)4-8(10)9(7)11/h3-5,10-11H,1-2H3,(H,12,13,14). The molecule has 1 rings (SSSR count). The molecule has 0 amide bonds. The molecule has 84 valence electrons. The van der Waals surface area contributed by atoms with Crippen LogP contribution in [0.4, 0.5) is 0 Å². The second-order valence-electron chi connectivity index (χ2n) is 3.51. The fourth-order valence-electron chi connectivity index (χ4n) is 1.20. The van der Waals surface area contributed by atoms with E-state index in [1.807, 2.05) is 0 Å². The average molecular weight is 232 g/mol. The van der Waals surface area contributed by atoms with E-state index in [4.69, 9.17) is 4.55 Å². The van der Waals surface area contributed by atoms with Crippen molar-refractivity contribution in [3.8, 4) is 11.5 Å². The van der Waals surface area contributed by atoms with Gasteiger partial charge in [0, 0.05) is 11.6 Å². The van der Waals surface area contributed by atoms with Gasteiger partial charge >= 0.3 is 0 Å². The van der Waals surface area contributed by atoms with E-state index in [9.17, 15) is 18.6 Å². The largest absolute Gasteiger partial charge is 0.504 e. The molecule has 0 heterocycles. The number of phenolic OH excluding ortho intramolecular Hbond substituents is 2. The first-order valence-corrected chi connectivity index (χ1v) is 5.71. The van der Waals surface area contributed by atoms with E-state index in [2.05, 4.69) is 0 Å². The van der Waals surface area contributed by atoms with Gasteiger partial charge in [-0.25, -0.2) is 0 Å². The molecule has 0 saturated carbocycles. The van der Waals surface area contributed by atoms with Crippen molar-refractivity contribution in [3.63, 3.8) is 0 Å². The highest BCUT2D eigenvalue weighted by molar-refractivity contribution is 7.85. The molecule has 0 fully saturated rings. The minimum atomic E-state index is -4.37. The molecule has 0 bridgehead atoms. The van der Waals surface area contributed by atoms with Crippen LogP contribution >= 0.6 is 0 Å². The Labute approximate surface area is 87.7 Å². The van der Waals surface area contributed by atoms with Crippen molar-refractivity contribution in [3.05, 3.63) is 17.7 Å². The highest BCUT2D eigenvalue weighted by Crippen LogP contribution is 2.36. The van der Waals surface area contributed by atoms with E-state index < -0.39 is 20.8 Å². The molecule has 0 radical (unpaired) electrons. The minimum absolute atomic E-state index is 0.169. The van der Waals surface area contributed by atoms with Gasteiger partial charge in [-0.05, 0) is 12.0 Å². The number of hydrogen-bond donors (Lipinski definition) is 3. The normalized spacial score (nSPS) is 12.0. The summed E-state index contributed by atoms with van der Waals surface area (Å²) in [6, 6.07) is 1.94. The van der Waals surface area contributed by atoms with Gasteiger partial charge in [0.15, 0.2) is 11.5 Å². The van der Waals surface area contributed by atoms with Crippen LogP contribution in [0.1, 0.15) is 25.3 Å². The third-order valence-electron chi connectivity index (χ3n) is 2.01. The van der Waals surface area contributed by atoms with Crippen molar-refractivity contribution < 1.29 is 23.2 Å². The Hall–Kier alpha value is -1.27. The Morgan fingerprint density at radius 1 is 1.20 bits per heavy atom. The van der Waals surface area contributed by atoms with Crippen LogP contribution in [0.25, 0.3) is 0 Å². The first-order valence-electron chi connectivity index (χ1n) is 4.27. The maximum Gasteiger partial charge on any atom is 0.294 e. The number of benzene rings is 1. The molecule has 0 aliphatic heterocycles. The molecule has 3 N–H and O–H groups in total. The Morgan fingerprint density at radius 3 is 2.13 bits per heavy atom. The summed E-state index contributed by atoms with van der Waals surface area (Å²) in [4.78, 5) is -0.429. The van der Waals surface area contributed by atoms with Crippen molar-refractivity contribution in [2.45, 2.75) is 24.7 Å². The highest BCUT2D eigenvalue weighted by atomic mass is 32.2. The molecule has 0 spiro atoms. The van der Waals surface area contributed by atoms with Gasteiger partial charge in [0.05, 0.1) is 4.90 Å². The lowest BCUT2D eigenvalue weighted by atomic mass is 10.0. The van der Waals surface area contributed by atoms with Crippen molar-refractivity contribution in [2.24, 2.45) is 0 Å². The van der Waals surface area contributed by atoms with Crippen LogP contribution in [-0.2, 0) is 10.1 Å². The van der Waals surface area contributed by atoms with Crippen LogP contribution in [0.2, 0.25) is 0 Å². The Morgan fingerprint density at radius 2 is 1.73 bits per heavy atom. The number of rotatable bonds is 2. The molecule has 6 heteroatoms. The second kappa shape index (κ2) is 3.71. The number of hydrogen-bond acceptors (Lipinski definition) is 4. The third kappa shape index (κ3) is 2.40. The summed E-state index contributed by atoms with van der Waals surface area (Å²) in [6.45, 7) is 3.45. The van der Waals surface area contributed by atoms with E-state index in [0.29, 0.717) is 0 Å². The van der Waals surface area contributed by atoms with Gasteiger partial charge in [0.25, 0.3) is 10.1 Å². The van der Waals surface area contributed by atoms with Crippen molar-refractivity contribution in [1.29, 1.82) is 0 Å². The maximum atomic E-state index is 10.8. The zero-order chi connectivity index (χ0) is 11.8. The smallest absolute Gasteiger partial charge is 0.294 e. The average Bonchev–Trinajstić information content (AvgIpc) is 2.06. The van der Waals surface area contributed by atoms with Gasteiger partial charge in [-0.3, -0.25) is 4.55 Å². The van der Waals surface area contributed by atoms with Crippen molar-refractivity contribution in [1.82, 2.24) is 0 Å². The summed E-state index contributed by atoms with van der Waals surface area (Å²) in [6.07, 6.45) is 0. The van der Waals surface area contributed by atoms with Crippen LogP contribution in [-0.4, -0.2) is 23.2 Å². The molecule has 0 saturated heterocycles. The lowest BCUT2D eigenvalue weighted by Crippen LogP contribution is -2.00. The first kappa shape index (κ1) is 11.8. The molecule has 5 nitrogen and oxygen atoms in total. The minimum Gasteiger partial charge on any atom is -0.504 e. The summed E-state index contributed by atoms with van der Waals surface area (Å²) in [5.41, 5.74) is 0.266. The van der Waals surface area contributed by atoms with Gasteiger partial charge < -0.3 is 10.2 Å². The summed E-state index contributed by atoms with van der Waals surface area (Å²) in [5, 5.41) is 18.7. The molecule has 1 aromatic carbocycles. The summed E-state index contributed by atoms with van der Waals surface area (Å²) < 4.78 is 30.5. The molecular weight excluding hydrogens is 220 g/mol. The van der Waals surface area contributed by atoms with Gasteiger partial charge in [-0.1, -0.05) is 13.8 Å². The maximum absolute atomic E-state index is 10.8. The molecule has 0 unspecified atom stereocenters. The molecule has 0 aliphatic carbocycles. The predicted molar refractivity (Wildman–Crippen MR) is 53.7 cm³/mol. The Kier molecular flexibility index (Phi) is 2.92. The summed E-state index contributed by atoms with van der Waals surface area (Å²) in [5.74, 6) is -1.09. The third-order valence-corrected chi connectivity index (χ3v) is 2.84. The van der Waals surface area contributed by atoms with E-state index in [1.165, 1.54) is 0 Å². The predicted octanol–water partition coefficient (Wildman–Crippen LogP) is 1.47. The second-order valence-corrected chi connectivity index (χ2v) is 4.93. The molecule has 15 heavy (non-hydrogen) atoms. The van der Waals surface area contributed by atoms with Gasteiger partial charge in [-0.15, -0.1) is 0 Å². The highest BCUT2D eigenvalue weighted by Gasteiger charge is 2.18. The Bertz CT molecular complexity index is 476. The van der Waals surface area contributed by atoms with Crippen LogP contribution in [0, 0.1) is 0 Å². The molecule has 0 aromatic heterocycles. The van der Waals surface area contributed by atoms with Gasteiger partial charge in [-0.2, -0.15) is 8.42 Å². The fourth-order valence-corrected chi connectivity index (χ4v) is 1.74. The van der Waals surface area contributed by atoms with Gasteiger partial charge in [0.1, 0.15) is 0 Å². The molecule has 1 aromatic rings. The monoisotopic (exact) mass is 232 g/mol. The lowest BCUT2D eigenvalue weighted by Gasteiger charge is -2.10. The van der Waals surface area contributed by atoms with Gasteiger partial charge in [0.2, 0.25) is 0 Å². The molecular formula is C9H12O5S. The van der Waals surface area contributed by atoms with E-state index >= 15 is 0 Å². The molecule has 0 atom stereocenters. The topological polar surface area (TPSA) is 94.8 Å². The summed E-state index contributed by atoms with van der Waals surface area (Å²) in [7, 11) is -4.37. The quantitative estimate of drug-likeness (QED) is 0.530. The SMILES string of the molecule is CC(C)c1cc(S(=O)(=O)O)cc(O)c1O. The zero-order valence-electron chi connectivity index (χ0n) is 8.30. The summed E-state index contributed by atoms with van der Waals surface area (Å²) >= 11 is 0. The van der Waals surface area contributed by atoms with Crippen molar-refractivity contribution >= 4 is 10.1 Å².